The Balaban J connectivity index is 1.31. The zero-order chi connectivity index (χ0) is 28.6. The van der Waals surface area contributed by atoms with Crippen molar-refractivity contribution in [2.75, 3.05) is 25.4 Å². The van der Waals surface area contributed by atoms with Crippen LogP contribution in [0.2, 0.25) is 0 Å². The number of para-hydroxylation sites is 1. The van der Waals surface area contributed by atoms with Gasteiger partial charge in [-0.05, 0) is 55.2 Å². The van der Waals surface area contributed by atoms with Gasteiger partial charge in [0.1, 0.15) is 0 Å². The van der Waals surface area contributed by atoms with Gasteiger partial charge in [0.05, 0.1) is 29.3 Å². The van der Waals surface area contributed by atoms with Crippen LogP contribution in [-0.2, 0) is 22.6 Å². The molecule has 1 unspecified atom stereocenters. The van der Waals surface area contributed by atoms with Crippen molar-refractivity contribution in [1.82, 2.24) is 19.8 Å². The van der Waals surface area contributed by atoms with Crippen LogP contribution in [0.15, 0.2) is 88.8 Å². The summed E-state index contributed by atoms with van der Waals surface area (Å²) in [6.07, 6.45) is 2.07. The van der Waals surface area contributed by atoms with Crippen molar-refractivity contribution in [3.63, 3.8) is 0 Å². The Morgan fingerprint density at radius 1 is 1.02 bits per heavy atom. The third-order valence-electron chi connectivity index (χ3n) is 7.17. The number of carbonyl (C=O) groups excluding carboxylic acids is 2. The van der Waals surface area contributed by atoms with Crippen molar-refractivity contribution in [3.05, 3.63) is 106 Å². The molecule has 212 valence electrons. The first-order valence-corrected chi connectivity index (χ1v) is 14.9. The van der Waals surface area contributed by atoms with Gasteiger partial charge in [0, 0.05) is 31.8 Å². The second kappa shape index (κ2) is 13.6. The van der Waals surface area contributed by atoms with Crippen LogP contribution < -0.4 is 10.9 Å². The first-order chi connectivity index (χ1) is 20.0. The van der Waals surface area contributed by atoms with Gasteiger partial charge in [0.2, 0.25) is 5.91 Å². The van der Waals surface area contributed by atoms with E-state index in [0.29, 0.717) is 41.3 Å². The molecule has 9 heteroatoms. The molecule has 1 saturated heterocycles. The van der Waals surface area contributed by atoms with Crippen molar-refractivity contribution in [2.24, 2.45) is 0 Å². The summed E-state index contributed by atoms with van der Waals surface area (Å²) in [6.45, 7) is 4.59. The molecule has 1 aromatic heterocycles. The van der Waals surface area contributed by atoms with E-state index >= 15 is 0 Å². The predicted octanol–water partition coefficient (Wildman–Crippen LogP) is 4.49. The van der Waals surface area contributed by atoms with Crippen LogP contribution in [-0.4, -0.2) is 57.8 Å². The van der Waals surface area contributed by atoms with Crippen molar-refractivity contribution >= 4 is 34.5 Å². The van der Waals surface area contributed by atoms with Crippen molar-refractivity contribution < 1.29 is 14.3 Å². The van der Waals surface area contributed by atoms with E-state index in [2.05, 4.69) is 5.32 Å². The van der Waals surface area contributed by atoms with Crippen LogP contribution in [0.5, 0.6) is 0 Å². The van der Waals surface area contributed by atoms with Crippen LogP contribution in [0.1, 0.15) is 41.3 Å². The van der Waals surface area contributed by atoms with E-state index in [-0.39, 0.29) is 35.8 Å². The van der Waals surface area contributed by atoms with E-state index in [1.807, 2.05) is 67.6 Å². The quantitative estimate of drug-likeness (QED) is 0.211. The number of carbonyl (C=O) groups is 2. The molecule has 5 rings (SSSR count). The van der Waals surface area contributed by atoms with Crippen molar-refractivity contribution in [1.29, 1.82) is 0 Å². The molecule has 3 aromatic carbocycles. The number of hydrogen-bond donors (Lipinski definition) is 1. The summed E-state index contributed by atoms with van der Waals surface area (Å²) in [5, 5.41) is 3.94. The Hall–Kier alpha value is -3.95. The highest BCUT2D eigenvalue weighted by Crippen LogP contribution is 2.20. The fraction of sp³-hybridized carbons (Fsp3) is 0.312. The second-order valence-corrected chi connectivity index (χ2v) is 11.0. The van der Waals surface area contributed by atoms with Crippen LogP contribution in [0.3, 0.4) is 0 Å². The standard InChI is InChI=1S/C32H34N4O4S/c1-2-35(20-23-9-4-3-5-10-23)29(37)22-41-32-34-28-13-7-6-12-27(28)31(39)36(32)21-24-14-16-25(17-15-24)30(38)33-19-26-11-8-18-40-26/h3-7,9-10,12-17,26H,2,8,11,18-22H2,1H3,(H,33,38). The Bertz CT molecular complexity index is 1550. The number of hydrogen-bond acceptors (Lipinski definition) is 6. The lowest BCUT2D eigenvalue weighted by Crippen LogP contribution is -2.32. The number of ether oxygens (including phenoxy) is 1. The van der Waals surface area contributed by atoms with Crippen LogP contribution in [0.25, 0.3) is 10.9 Å². The third kappa shape index (κ3) is 7.23. The molecule has 1 N–H and O–H groups in total. The molecule has 0 radical (unpaired) electrons. The van der Waals surface area contributed by atoms with E-state index in [1.165, 1.54) is 11.8 Å². The summed E-state index contributed by atoms with van der Waals surface area (Å²) in [5.74, 6) is -0.00839. The van der Waals surface area contributed by atoms with E-state index in [1.54, 1.807) is 27.7 Å². The highest BCUT2D eigenvalue weighted by atomic mass is 32.2. The Morgan fingerprint density at radius 2 is 1.78 bits per heavy atom. The maximum atomic E-state index is 13.6. The lowest BCUT2D eigenvalue weighted by Gasteiger charge is -2.21. The smallest absolute Gasteiger partial charge is 0.262 e. The minimum atomic E-state index is -0.166. The molecule has 1 aliphatic rings. The monoisotopic (exact) mass is 570 g/mol. The lowest BCUT2D eigenvalue weighted by molar-refractivity contribution is -0.128. The van der Waals surface area contributed by atoms with Gasteiger partial charge < -0.3 is 15.0 Å². The highest BCUT2D eigenvalue weighted by molar-refractivity contribution is 7.99. The molecule has 2 amide bonds. The topological polar surface area (TPSA) is 93.5 Å². The molecule has 1 aliphatic heterocycles. The number of thioether (sulfide) groups is 1. The molecular weight excluding hydrogens is 536 g/mol. The number of benzene rings is 3. The van der Waals surface area contributed by atoms with Gasteiger partial charge >= 0.3 is 0 Å². The summed E-state index contributed by atoms with van der Waals surface area (Å²) in [5.41, 5.74) is 2.90. The maximum Gasteiger partial charge on any atom is 0.262 e. The molecule has 41 heavy (non-hydrogen) atoms. The van der Waals surface area contributed by atoms with Crippen LogP contribution in [0.4, 0.5) is 0 Å². The predicted molar refractivity (Wildman–Crippen MR) is 161 cm³/mol. The summed E-state index contributed by atoms with van der Waals surface area (Å²) in [7, 11) is 0. The Morgan fingerprint density at radius 3 is 2.51 bits per heavy atom. The van der Waals surface area contributed by atoms with Gasteiger partial charge in [-0.3, -0.25) is 19.0 Å². The maximum absolute atomic E-state index is 13.6. The summed E-state index contributed by atoms with van der Waals surface area (Å²) in [4.78, 5) is 45.9. The zero-order valence-corrected chi connectivity index (χ0v) is 23.9. The van der Waals surface area contributed by atoms with E-state index in [0.717, 1.165) is 30.6 Å². The minimum absolute atomic E-state index is 0.0197. The Kier molecular flexibility index (Phi) is 9.48. The fourth-order valence-electron chi connectivity index (χ4n) is 4.85. The molecule has 4 aromatic rings. The largest absolute Gasteiger partial charge is 0.376 e. The van der Waals surface area contributed by atoms with Crippen molar-refractivity contribution in [2.45, 2.75) is 44.1 Å². The number of aromatic nitrogens is 2. The molecule has 1 atom stereocenters. The van der Waals surface area contributed by atoms with Crippen molar-refractivity contribution in [3.8, 4) is 0 Å². The first-order valence-electron chi connectivity index (χ1n) is 13.9. The highest BCUT2D eigenvalue weighted by Gasteiger charge is 2.18. The van der Waals surface area contributed by atoms with Gasteiger partial charge in [0.25, 0.3) is 11.5 Å². The van der Waals surface area contributed by atoms with Crippen LogP contribution >= 0.6 is 11.8 Å². The SMILES string of the molecule is CCN(Cc1ccccc1)C(=O)CSc1nc2ccccc2c(=O)n1Cc1ccc(C(=O)NCC2CCCO2)cc1. The number of amides is 2. The Labute approximate surface area is 243 Å². The van der Waals surface area contributed by atoms with Gasteiger partial charge in [-0.1, -0.05) is 66.4 Å². The molecule has 0 saturated carbocycles. The molecule has 1 fully saturated rings. The number of nitrogens with zero attached hydrogens (tertiary/aromatic N) is 3. The average Bonchev–Trinajstić information content (AvgIpc) is 3.54. The molecule has 2 heterocycles. The first kappa shape index (κ1) is 28.6. The van der Waals surface area contributed by atoms with Gasteiger partial charge in [0.15, 0.2) is 5.16 Å². The number of fused-ring (bicyclic) bond motifs is 1. The molecule has 0 spiro atoms. The van der Waals surface area contributed by atoms with Crippen LogP contribution in [0, 0.1) is 0 Å². The van der Waals surface area contributed by atoms with E-state index in [4.69, 9.17) is 9.72 Å². The number of rotatable bonds is 11. The number of nitrogens with one attached hydrogen (secondary N) is 1. The van der Waals surface area contributed by atoms with Gasteiger partial charge in [-0.15, -0.1) is 0 Å². The summed E-state index contributed by atoms with van der Waals surface area (Å²) in [6, 6.07) is 24.4. The lowest BCUT2D eigenvalue weighted by atomic mass is 10.1. The third-order valence-corrected chi connectivity index (χ3v) is 8.13. The van der Waals surface area contributed by atoms with E-state index in [9.17, 15) is 14.4 Å². The van der Waals surface area contributed by atoms with Gasteiger partial charge in [-0.2, -0.15) is 0 Å². The minimum Gasteiger partial charge on any atom is -0.376 e. The fourth-order valence-corrected chi connectivity index (χ4v) is 5.75. The summed E-state index contributed by atoms with van der Waals surface area (Å²) >= 11 is 1.27. The van der Waals surface area contributed by atoms with Gasteiger partial charge in [-0.25, -0.2) is 4.98 Å². The molecule has 0 aliphatic carbocycles. The average molecular weight is 571 g/mol. The summed E-state index contributed by atoms with van der Waals surface area (Å²) < 4.78 is 7.19. The molecule has 8 nitrogen and oxygen atoms in total. The second-order valence-electron chi connectivity index (χ2n) is 10.0. The normalized spacial score (nSPS) is 14.7. The molecular formula is C32H34N4O4S. The molecule has 0 bridgehead atoms. The van der Waals surface area contributed by atoms with E-state index < -0.39 is 0 Å². The zero-order valence-electron chi connectivity index (χ0n) is 23.1.